The number of benzene rings is 3. The molecule has 4 rings (SSSR count). The fraction of sp³-hybridized carbons (Fsp3) is 0.0455. The summed E-state index contributed by atoms with van der Waals surface area (Å²) in [6, 6.07) is 22.7. The molecule has 0 saturated carbocycles. The van der Waals surface area contributed by atoms with Gasteiger partial charge in [0.15, 0.2) is 21.5 Å². The van der Waals surface area contributed by atoms with Gasteiger partial charge in [-0.05, 0) is 42.5 Å². The Morgan fingerprint density at radius 3 is 2.33 bits per heavy atom. The highest BCUT2D eigenvalue weighted by Gasteiger charge is 2.12. The second kappa shape index (κ2) is 7.92. The molecule has 0 bridgehead atoms. The number of H-pyrrole nitrogens is 1. The Morgan fingerprint density at radius 1 is 0.900 bits per heavy atom. The fourth-order valence-electron chi connectivity index (χ4n) is 2.89. The fourth-order valence-corrected chi connectivity index (χ4v) is 3.56. The molecule has 0 atom stereocenters. The van der Waals surface area contributed by atoms with Crippen LogP contribution in [0.4, 0.5) is 5.69 Å². The van der Waals surface area contributed by atoms with Crippen LogP contribution in [0.3, 0.4) is 0 Å². The van der Waals surface area contributed by atoms with E-state index in [1.807, 2.05) is 42.5 Å². The first-order valence-corrected chi connectivity index (χ1v) is 11.0. The number of aromatic nitrogens is 3. The molecule has 8 heteroatoms. The van der Waals surface area contributed by atoms with Crippen molar-refractivity contribution in [3.05, 3.63) is 84.4 Å². The van der Waals surface area contributed by atoms with E-state index in [1.165, 1.54) is 12.1 Å². The van der Waals surface area contributed by atoms with Crippen molar-refractivity contribution in [2.75, 3.05) is 11.6 Å². The second-order valence-electron chi connectivity index (χ2n) is 6.71. The first-order chi connectivity index (χ1) is 14.4. The van der Waals surface area contributed by atoms with Gasteiger partial charge in [0.25, 0.3) is 5.91 Å². The van der Waals surface area contributed by atoms with E-state index in [2.05, 4.69) is 20.5 Å². The third-order valence-corrected chi connectivity index (χ3v) is 5.57. The number of hydrogen-bond donors (Lipinski definition) is 2. The van der Waals surface area contributed by atoms with Crippen molar-refractivity contribution in [2.45, 2.75) is 4.90 Å². The minimum atomic E-state index is -3.38. The molecule has 1 heterocycles. The third-order valence-electron chi connectivity index (χ3n) is 4.46. The van der Waals surface area contributed by atoms with Crippen molar-refractivity contribution < 1.29 is 13.2 Å². The van der Waals surface area contributed by atoms with Crippen molar-refractivity contribution in [3.8, 4) is 22.8 Å². The predicted molar refractivity (Wildman–Crippen MR) is 115 cm³/mol. The summed E-state index contributed by atoms with van der Waals surface area (Å²) >= 11 is 0. The van der Waals surface area contributed by atoms with Gasteiger partial charge < -0.3 is 5.32 Å². The van der Waals surface area contributed by atoms with Crippen LogP contribution in [0.15, 0.2) is 83.8 Å². The topological polar surface area (TPSA) is 105 Å². The first kappa shape index (κ1) is 19.5. The molecule has 30 heavy (non-hydrogen) atoms. The Bertz CT molecular complexity index is 1300. The lowest BCUT2D eigenvalue weighted by Crippen LogP contribution is -2.12. The van der Waals surface area contributed by atoms with Crippen molar-refractivity contribution >= 4 is 21.4 Å². The highest BCUT2D eigenvalue weighted by Crippen LogP contribution is 2.22. The number of aromatic amines is 1. The van der Waals surface area contributed by atoms with Crippen LogP contribution in [0.25, 0.3) is 22.8 Å². The Balaban J connectivity index is 1.49. The summed E-state index contributed by atoms with van der Waals surface area (Å²) in [5.41, 5.74) is 2.59. The molecule has 2 N–H and O–H groups in total. The van der Waals surface area contributed by atoms with E-state index < -0.39 is 9.84 Å². The Labute approximate surface area is 173 Å². The zero-order valence-corrected chi connectivity index (χ0v) is 16.8. The monoisotopic (exact) mass is 418 g/mol. The smallest absolute Gasteiger partial charge is 0.255 e. The van der Waals surface area contributed by atoms with Crippen LogP contribution in [-0.4, -0.2) is 35.8 Å². The van der Waals surface area contributed by atoms with Crippen LogP contribution in [0.1, 0.15) is 10.4 Å². The minimum absolute atomic E-state index is 0.102. The number of nitrogens with zero attached hydrogens (tertiary/aromatic N) is 2. The Hall–Kier alpha value is -3.78. The van der Waals surface area contributed by atoms with E-state index in [0.29, 0.717) is 17.3 Å². The Kier molecular flexibility index (Phi) is 5.16. The molecule has 0 aliphatic heterocycles. The molecular weight excluding hydrogens is 400 g/mol. The summed E-state index contributed by atoms with van der Waals surface area (Å²) < 4.78 is 23.4. The van der Waals surface area contributed by atoms with Gasteiger partial charge in [-0.3, -0.25) is 9.89 Å². The molecule has 0 spiro atoms. The maximum atomic E-state index is 12.5. The molecule has 0 unspecified atom stereocenters. The lowest BCUT2D eigenvalue weighted by atomic mass is 10.1. The van der Waals surface area contributed by atoms with Gasteiger partial charge in [-0.15, -0.1) is 0 Å². The van der Waals surface area contributed by atoms with Gasteiger partial charge in [-0.2, -0.15) is 5.10 Å². The van der Waals surface area contributed by atoms with Crippen LogP contribution in [-0.2, 0) is 9.84 Å². The zero-order chi connectivity index (χ0) is 21.1. The van der Waals surface area contributed by atoms with E-state index >= 15 is 0 Å². The summed E-state index contributed by atoms with van der Waals surface area (Å²) in [7, 11) is -3.38. The van der Waals surface area contributed by atoms with Gasteiger partial charge in [-0.25, -0.2) is 13.4 Å². The normalized spacial score (nSPS) is 11.2. The maximum absolute atomic E-state index is 12.5. The molecule has 0 fully saturated rings. The van der Waals surface area contributed by atoms with E-state index in [0.717, 1.165) is 17.4 Å². The van der Waals surface area contributed by atoms with Crippen LogP contribution < -0.4 is 5.32 Å². The van der Waals surface area contributed by atoms with Crippen molar-refractivity contribution in [2.24, 2.45) is 0 Å². The molecule has 150 valence electrons. The van der Waals surface area contributed by atoms with Crippen molar-refractivity contribution in [1.82, 2.24) is 15.2 Å². The van der Waals surface area contributed by atoms with Gasteiger partial charge in [0.05, 0.1) is 4.90 Å². The van der Waals surface area contributed by atoms with E-state index in [9.17, 15) is 13.2 Å². The number of carbonyl (C=O) groups is 1. The molecule has 0 aliphatic carbocycles. The van der Waals surface area contributed by atoms with Crippen molar-refractivity contribution in [1.29, 1.82) is 0 Å². The predicted octanol–water partition coefficient (Wildman–Crippen LogP) is 3.79. The number of rotatable bonds is 5. The summed E-state index contributed by atoms with van der Waals surface area (Å²) in [6.07, 6.45) is 1.11. The quantitative estimate of drug-likeness (QED) is 0.513. The van der Waals surface area contributed by atoms with Gasteiger partial charge in [0.1, 0.15) is 0 Å². The number of amides is 1. The number of anilines is 1. The molecule has 0 saturated heterocycles. The standard InChI is InChI=1S/C22H18N4O3S/c1-30(28,29)19-9-5-8-17(14-19)22(27)23-18-12-10-16(11-13-18)21-24-20(25-26-21)15-6-3-2-4-7-15/h2-14H,1H3,(H,23,27)(H,24,25,26). The molecule has 0 aliphatic rings. The molecule has 4 aromatic rings. The van der Waals surface area contributed by atoms with Gasteiger partial charge in [0, 0.05) is 28.6 Å². The SMILES string of the molecule is CS(=O)(=O)c1cccc(C(=O)Nc2ccc(-c3nc(-c4ccccc4)n[nH]3)cc2)c1. The number of carbonyl (C=O) groups excluding carboxylic acids is 1. The van der Waals surface area contributed by atoms with E-state index in [-0.39, 0.29) is 16.4 Å². The Morgan fingerprint density at radius 2 is 1.63 bits per heavy atom. The van der Waals surface area contributed by atoms with Crippen LogP contribution in [0, 0.1) is 0 Å². The summed E-state index contributed by atoms with van der Waals surface area (Å²) in [4.78, 5) is 17.1. The molecule has 1 amide bonds. The maximum Gasteiger partial charge on any atom is 0.255 e. The zero-order valence-electron chi connectivity index (χ0n) is 16.0. The van der Waals surface area contributed by atoms with Crippen LogP contribution in [0.5, 0.6) is 0 Å². The van der Waals surface area contributed by atoms with Crippen LogP contribution >= 0.6 is 0 Å². The molecule has 0 radical (unpaired) electrons. The third kappa shape index (κ3) is 4.28. The highest BCUT2D eigenvalue weighted by atomic mass is 32.2. The average Bonchev–Trinajstić information content (AvgIpc) is 3.25. The second-order valence-corrected chi connectivity index (χ2v) is 8.72. The van der Waals surface area contributed by atoms with Gasteiger partial charge in [0.2, 0.25) is 0 Å². The molecular formula is C22H18N4O3S. The van der Waals surface area contributed by atoms with E-state index in [1.54, 1.807) is 24.3 Å². The number of nitrogens with one attached hydrogen (secondary N) is 2. The summed E-state index contributed by atoms with van der Waals surface area (Å²) in [6.45, 7) is 0. The van der Waals surface area contributed by atoms with Crippen LogP contribution in [0.2, 0.25) is 0 Å². The molecule has 3 aromatic carbocycles. The lowest BCUT2D eigenvalue weighted by molar-refractivity contribution is 0.102. The minimum Gasteiger partial charge on any atom is -0.322 e. The van der Waals surface area contributed by atoms with Gasteiger partial charge in [-0.1, -0.05) is 36.4 Å². The first-order valence-electron chi connectivity index (χ1n) is 9.10. The molecule has 7 nitrogen and oxygen atoms in total. The largest absolute Gasteiger partial charge is 0.322 e. The average molecular weight is 418 g/mol. The van der Waals surface area contributed by atoms with Crippen molar-refractivity contribution in [3.63, 3.8) is 0 Å². The van der Waals surface area contributed by atoms with Gasteiger partial charge >= 0.3 is 0 Å². The highest BCUT2D eigenvalue weighted by molar-refractivity contribution is 7.90. The number of sulfone groups is 1. The number of hydrogen-bond acceptors (Lipinski definition) is 5. The molecule has 1 aromatic heterocycles. The van der Waals surface area contributed by atoms with E-state index in [4.69, 9.17) is 0 Å². The lowest BCUT2D eigenvalue weighted by Gasteiger charge is -2.07. The summed E-state index contributed by atoms with van der Waals surface area (Å²) in [5, 5.41) is 9.93. The summed E-state index contributed by atoms with van der Waals surface area (Å²) in [5.74, 6) is 0.834.